The van der Waals surface area contributed by atoms with Crippen molar-refractivity contribution in [3.8, 4) is 5.75 Å². The van der Waals surface area contributed by atoms with Gasteiger partial charge in [0.2, 0.25) is 0 Å². The van der Waals surface area contributed by atoms with Gasteiger partial charge in [-0.05, 0) is 42.5 Å². The van der Waals surface area contributed by atoms with Gasteiger partial charge in [0.25, 0.3) is 5.91 Å². The molecule has 0 saturated carbocycles. The summed E-state index contributed by atoms with van der Waals surface area (Å²) in [5.74, 6) is 0.708. The van der Waals surface area contributed by atoms with Gasteiger partial charge in [0.05, 0.1) is 16.3 Å². The molecule has 0 aliphatic carbocycles. The number of hydrogen-bond donors (Lipinski definition) is 1. The number of rotatable bonds is 6. The fourth-order valence-corrected chi connectivity index (χ4v) is 3.26. The van der Waals surface area contributed by atoms with E-state index >= 15 is 0 Å². The molecule has 0 atom stereocenters. The number of aromatic nitrogens is 2. The lowest BCUT2D eigenvalue weighted by Crippen LogP contribution is -2.10. The summed E-state index contributed by atoms with van der Waals surface area (Å²) in [5.41, 5.74) is 3.80. The summed E-state index contributed by atoms with van der Waals surface area (Å²) in [4.78, 5) is 13.0. The van der Waals surface area contributed by atoms with E-state index in [0.29, 0.717) is 11.5 Å². The topological polar surface area (TPSA) is 56.1 Å². The number of amides is 1. The molecule has 0 bridgehead atoms. The van der Waals surface area contributed by atoms with E-state index in [1.807, 2.05) is 37.6 Å². The molecule has 3 aromatic rings. The molecule has 5 nitrogen and oxygen atoms in total. The summed E-state index contributed by atoms with van der Waals surface area (Å²) in [6.45, 7) is 4.44. The maximum Gasteiger partial charge on any atom is 0.265 e. The molecule has 0 unspecified atom stereocenters. The molecule has 1 aromatic carbocycles. The van der Waals surface area contributed by atoms with E-state index in [1.165, 1.54) is 16.9 Å². The minimum Gasteiger partial charge on any atom is -0.489 e. The third kappa shape index (κ3) is 4.28. The second-order valence-electron chi connectivity index (χ2n) is 5.86. The Bertz CT molecular complexity index is 865. The van der Waals surface area contributed by atoms with Crippen LogP contribution in [0.4, 0.5) is 5.69 Å². The summed E-state index contributed by atoms with van der Waals surface area (Å²) in [7, 11) is 1.83. The molecule has 0 spiro atoms. The van der Waals surface area contributed by atoms with Crippen LogP contribution < -0.4 is 10.1 Å². The van der Waals surface area contributed by atoms with Crippen molar-refractivity contribution in [1.29, 1.82) is 0 Å². The number of carbonyl (C=O) groups excluding carboxylic acids is 1. The first-order valence-corrected chi connectivity index (χ1v) is 9.04. The van der Waals surface area contributed by atoms with E-state index in [0.717, 1.165) is 29.1 Å². The molecule has 25 heavy (non-hydrogen) atoms. The third-order valence-electron chi connectivity index (χ3n) is 3.88. The van der Waals surface area contributed by atoms with Gasteiger partial charge in [-0.2, -0.15) is 5.10 Å². The number of thiophene rings is 1. The molecule has 0 saturated heterocycles. The quantitative estimate of drug-likeness (QED) is 0.721. The number of anilines is 1. The van der Waals surface area contributed by atoms with Gasteiger partial charge in [-0.15, -0.1) is 11.3 Å². The number of ether oxygens (including phenoxy) is 1. The molecule has 0 aliphatic heterocycles. The van der Waals surface area contributed by atoms with Gasteiger partial charge >= 0.3 is 0 Å². The Balaban J connectivity index is 1.59. The lowest BCUT2D eigenvalue weighted by Gasteiger charge is -2.05. The number of nitrogens with one attached hydrogen (secondary N) is 1. The average molecular weight is 355 g/mol. The monoisotopic (exact) mass is 355 g/mol. The second-order valence-corrected chi connectivity index (χ2v) is 6.77. The van der Waals surface area contributed by atoms with Crippen molar-refractivity contribution in [1.82, 2.24) is 9.78 Å². The third-order valence-corrected chi connectivity index (χ3v) is 4.85. The summed E-state index contributed by atoms with van der Waals surface area (Å²) < 4.78 is 7.47. The predicted molar refractivity (Wildman–Crippen MR) is 100 cm³/mol. The maximum atomic E-state index is 12.4. The van der Waals surface area contributed by atoms with Crippen LogP contribution >= 0.6 is 11.3 Å². The standard InChI is InChI=1S/C19H21N3O2S/c1-4-14-5-7-16(8-6-14)24-11-15-9-18(25-12-15)19(23)20-17-10-22(3)21-13(17)2/h5-10,12H,4,11H2,1-3H3,(H,20,23). The van der Waals surface area contributed by atoms with Crippen LogP contribution in [-0.2, 0) is 20.1 Å². The Labute approximate surface area is 151 Å². The molecule has 0 aliphatic rings. The maximum absolute atomic E-state index is 12.4. The zero-order chi connectivity index (χ0) is 17.8. The highest BCUT2D eigenvalue weighted by molar-refractivity contribution is 7.12. The Kier molecular flexibility index (Phi) is 5.19. The predicted octanol–water partition coefficient (Wildman–Crippen LogP) is 4.18. The number of carbonyl (C=O) groups is 1. The van der Waals surface area contributed by atoms with Crippen molar-refractivity contribution in [3.63, 3.8) is 0 Å². The van der Waals surface area contributed by atoms with Crippen LogP contribution in [0.3, 0.4) is 0 Å². The Hall–Kier alpha value is -2.60. The molecule has 6 heteroatoms. The lowest BCUT2D eigenvalue weighted by molar-refractivity contribution is 0.103. The van der Waals surface area contributed by atoms with Gasteiger partial charge in [0.15, 0.2) is 0 Å². The van der Waals surface area contributed by atoms with Crippen molar-refractivity contribution in [2.75, 3.05) is 5.32 Å². The van der Waals surface area contributed by atoms with Gasteiger partial charge in [0, 0.05) is 18.8 Å². The van der Waals surface area contributed by atoms with E-state index in [2.05, 4.69) is 29.5 Å². The number of aryl methyl sites for hydroxylation is 3. The van der Waals surface area contributed by atoms with Crippen LogP contribution in [-0.4, -0.2) is 15.7 Å². The van der Waals surface area contributed by atoms with Crippen LogP contribution in [0.2, 0.25) is 0 Å². The minimum absolute atomic E-state index is 0.125. The largest absolute Gasteiger partial charge is 0.489 e. The number of nitrogens with zero attached hydrogens (tertiary/aromatic N) is 2. The fourth-order valence-electron chi connectivity index (χ4n) is 2.46. The number of hydrogen-bond acceptors (Lipinski definition) is 4. The first kappa shape index (κ1) is 17.2. The van der Waals surface area contributed by atoms with Gasteiger partial charge in [-0.25, -0.2) is 0 Å². The molecular formula is C19H21N3O2S. The highest BCUT2D eigenvalue weighted by Crippen LogP contribution is 2.20. The molecule has 2 aromatic heterocycles. The summed E-state index contributed by atoms with van der Waals surface area (Å²) >= 11 is 1.41. The normalized spacial score (nSPS) is 10.7. The summed E-state index contributed by atoms with van der Waals surface area (Å²) in [6.07, 6.45) is 2.81. The molecule has 3 rings (SSSR count). The van der Waals surface area contributed by atoms with Crippen LogP contribution in [0, 0.1) is 6.92 Å². The van der Waals surface area contributed by atoms with Gasteiger partial charge in [0.1, 0.15) is 12.4 Å². The average Bonchev–Trinajstić information content (AvgIpc) is 3.20. The first-order chi connectivity index (χ1) is 12.0. The summed E-state index contributed by atoms with van der Waals surface area (Å²) in [6, 6.07) is 9.95. The first-order valence-electron chi connectivity index (χ1n) is 8.16. The molecule has 1 amide bonds. The van der Waals surface area contributed by atoms with Crippen LogP contribution in [0.1, 0.15) is 33.4 Å². The van der Waals surface area contributed by atoms with Crippen LogP contribution in [0.15, 0.2) is 41.9 Å². The van der Waals surface area contributed by atoms with E-state index in [9.17, 15) is 4.79 Å². The molecule has 1 N–H and O–H groups in total. The molecule has 130 valence electrons. The Morgan fingerprint density at radius 3 is 2.68 bits per heavy atom. The lowest BCUT2D eigenvalue weighted by atomic mass is 10.2. The van der Waals surface area contributed by atoms with Gasteiger partial charge in [-0.3, -0.25) is 9.48 Å². The highest BCUT2D eigenvalue weighted by Gasteiger charge is 2.12. The molecule has 2 heterocycles. The van der Waals surface area contributed by atoms with E-state index in [4.69, 9.17) is 4.74 Å². The minimum atomic E-state index is -0.125. The zero-order valence-electron chi connectivity index (χ0n) is 14.6. The van der Waals surface area contributed by atoms with Gasteiger partial charge in [-0.1, -0.05) is 19.1 Å². The van der Waals surface area contributed by atoms with Crippen molar-refractivity contribution >= 4 is 22.9 Å². The second kappa shape index (κ2) is 7.53. The van der Waals surface area contributed by atoms with Crippen molar-refractivity contribution in [2.24, 2.45) is 7.05 Å². The van der Waals surface area contributed by atoms with E-state index in [-0.39, 0.29) is 5.91 Å². The molecule has 0 fully saturated rings. The molecular weight excluding hydrogens is 334 g/mol. The Morgan fingerprint density at radius 2 is 2.04 bits per heavy atom. The fraction of sp³-hybridized carbons (Fsp3) is 0.263. The van der Waals surface area contributed by atoms with Crippen molar-refractivity contribution < 1.29 is 9.53 Å². The molecule has 0 radical (unpaired) electrons. The summed E-state index contributed by atoms with van der Waals surface area (Å²) in [5, 5.41) is 9.07. The van der Waals surface area contributed by atoms with Crippen LogP contribution in [0.5, 0.6) is 5.75 Å². The van der Waals surface area contributed by atoms with Crippen molar-refractivity contribution in [2.45, 2.75) is 26.9 Å². The smallest absolute Gasteiger partial charge is 0.265 e. The van der Waals surface area contributed by atoms with Crippen LogP contribution in [0.25, 0.3) is 0 Å². The van der Waals surface area contributed by atoms with E-state index in [1.54, 1.807) is 10.9 Å². The Morgan fingerprint density at radius 1 is 1.28 bits per heavy atom. The van der Waals surface area contributed by atoms with Crippen molar-refractivity contribution in [3.05, 3.63) is 63.6 Å². The van der Waals surface area contributed by atoms with Gasteiger partial charge < -0.3 is 10.1 Å². The highest BCUT2D eigenvalue weighted by atomic mass is 32.1. The zero-order valence-corrected chi connectivity index (χ0v) is 15.4. The SMILES string of the molecule is CCc1ccc(OCc2csc(C(=O)Nc3cn(C)nc3C)c2)cc1. The van der Waals surface area contributed by atoms with E-state index < -0.39 is 0 Å². The number of benzene rings is 1.